The highest BCUT2D eigenvalue weighted by Crippen LogP contribution is 2.30. The minimum absolute atomic E-state index is 0.328. The molecule has 28 heavy (non-hydrogen) atoms. The summed E-state index contributed by atoms with van der Waals surface area (Å²) in [5, 5.41) is 2.69. The molecule has 0 radical (unpaired) electrons. The molecule has 7 nitrogen and oxygen atoms in total. The SMILES string of the molecule is CCOc1ccc(C(=O)CN2C(=O)N[C@](C)(c3ccc(OC)cc3)C2=O)cc1. The minimum Gasteiger partial charge on any atom is -0.497 e. The van der Waals surface area contributed by atoms with Gasteiger partial charge in [-0.15, -0.1) is 0 Å². The molecule has 1 saturated heterocycles. The van der Waals surface area contributed by atoms with Crippen LogP contribution in [0.2, 0.25) is 0 Å². The molecule has 0 bridgehead atoms. The van der Waals surface area contributed by atoms with E-state index in [4.69, 9.17) is 9.47 Å². The number of benzene rings is 2. The molecule has 3 amide bonds. The van der Waals surface area contributed by atoms with Crippen LogP contribution in [0.15, 0.2) is 48.5 Å². The molecule has 1 aliphatic heterocycles. The van der Waals surface area contributed by atoms with E-state index < -0.39 is 17.5 Å². The van der Waals surface area contributed by atoms with Gasteiger partial charge in [0, 0.05) is 5.56 Å². The normalized spacial score (nSPS) is 18.8. The van der Waals surface area contributed by atoms with Gasteiger partial charge < -0.3 is 14.8 Å². The molecule has 1 N–H and O–H groups in total. The van der Waals surface area contributed by atoms with Gasteiger partial charge in [-0.3, -0.25) is 14.5 Å². The van der Waals surface area contributed by atoms with Crippen molar-refractivity contribution in [1.29, 1.82) is 0 Å². The van der Waals surface area contributed by atoms with E-state index in [1.807, 2.05) is 6.92 Å². The Bertz CT molecular complexity index is 892. The fourth-order valence-corrected chi connectivity index (χ4v) is 3.10. The summed E-state index contributed by atoms with van der Waals surface area (Å²) in [5.74, 6) is 0.500. The van der Waals surface area contributed by atoms with Crippen LogP contribution in [0.5, 0.6) is 11.5 Å². The third kappa shape index (κ3) is 3.55. The number of urea groups is 1. The zero-order chi connectivity index (χ0) is 20.3. The standard InChI is InChI=1S/C21H22N2O5/c1-4-28-17-9-5-14(6-10-17)18(24)13-23-19(25)21(2,22-20(23)26)15-7-11-16(27-3)12-8-15/h5-12H,4,13H2,1-3H3,(H,22,26)/t21-/m1/s1. The summed E-state index contributed by atoms with van der Waals surface area (Å²) in [6, 6.07) is 12.9. The topological polar surface area (TPSA) is 84.9 Å². The maximum atomic E-state index is 12.9. The van der Waals surface area contributed by atoms with Crippen molar-refractivity contribution in [2.24, 2.45) is 0 Å². The van der Waals surface area contributed by atoms with Gasteiger partial charge in [0.2, 0.25) is 0 Å². The Morgan fingerprint density at radius 2 is 1.64 bits per heavy atom. The lowest BCUT2D eigenvalue weighted by molar-refractivity contribution is -0.130. The second-order valence-corrected chi connectivity index (χ2v) is 6.56. The zero-order valence-electron chi connectivity index (χ0n) is 16.0. The van der Waals surface area contributed by atoms with Crippen molar-refractivity contribution in [3.63, 3.8) is 0 Å². The molecule has 7 heteroatoms. The first-order valence-electron chi connectivity index (χ1n) is 8.93. The number of hydrogen-bond donors (Lipinski definition) is 1. The summed E-state index contributed by atoms with van der Waals surface area (Å²) in [4.78, 5) is 38.8. The molecule has 2 aromatic carbocycles. The molecule has 1 atom stereocenters. The fraction of sp³-hybridized carbons (Fsp3) is 0.286. The molecule has 1 aliphatic rings. The van der Waals surface area contributed by atoms with E-state index >= 15 is 0 Å². The van der Waals surface area contributed by atoms with Gasteiger partial charge in [0.1, 0.15) is 17.0 Å². The van der Waals surface area contributed by atoms with Gasteiger partial charge >= 0.3 is 6.03 Å². The maximum Gasteiger partial charge on any atom is 0.325 e. The van der Waals surface area contributed by atoms with Gasteiger partial charge in [-0.25, -0.2) is 4.79 Å². The first-order chi connectivity index (χ1) is 13.4. The van der Waals surface area contributed by atoms with Crippen LogP contribution in [0.3, 0.4) is 0 Å². The van der Waals surface area contributed by atoms with Crippen molar-refractivity contribution in [3.05, 3.63) is 59.7 Å². The van der Waals surface area contributed by atoms with Crippen LogP contribution in [0.25, 0.3) is 0 Å². The van der Waals surface area contributed by atoms with E-state index in [0.29, 0.717) is 29.2 Å². The molecular weight excluding hydrogens is 360 g/mol. The van der Waals surface area contributed by atoms with Gasteiger partial charge in [-0.2, -0.15) is 0 Å². The van der Waals surface area contributed by atoms with Crippen molar-refractivity contribution in [1.82, 2.24) is 10.2 Å². The number of rotatable bonds is 7. The van der Waals surface area contributed by atoms with E-state index in [9.17, 15) is 14.4 Å². The third-order valence-corrected chi connectivity index (χ3v) is 4.73. The molecule has 0 aliphatic carbocycles. The van der Waals surface area contributed by atoms with Crippen molar-refractivity contribution in [3.8, 4) is 11.5 Å². The average Bonchev–Trinajstić information content (AvgIpc) is 2.93. The number of nitrogens with zero attached hydrogens (tertiary/aromatic N) is 1. The molecule has 146 valence electrons. The van der Waals surface area contributed by atoms with Crippen molar-refractivity contribution in [2.45, 2.75) is 19.4 Å². The molecular formula is C21H22N2O5. The molecule has 0 spiro atoms. The van der Waals surface area contributed by atoms with E-state index in [1.165, 1.54) is 0 Å². The Morgan fingerprint density at radius 3 is 2.21 bits per heavy atom. The summed E-state index contributed by atoms with van der Waals surface area (Å²) >= 11 is 0. The molecule has 0 aromatic heterocycles. The number of Topliss-reactive ketones (excluding diaryl/α,β-unsaturated/α-hetero) is 1. The van der Waals surface area contributed by atoms with Crippen LogP contribution in [0.1, 0.15) is 29.8 Å². The van der Waals surface area contributed by atoms with Crippen LogP contribution >= 0.6 is 0 Å². The Hall–Kier alpha value is -3.35. The summed E-state index contributed by atoms with van der Waals surface area (Å²) in [6.45, 7) is 3.69. The summed E-state index contributed by atoms with van der Waals surface area (Å²) < 4.78 is 10.5. The number of carbonyl (C=O) groups is 3. The molecule has 1 fully saturated rings. The predicted molar refractivity (Wildman–Crippen MR) is 103 cm³/mol. The van der Waals surface area contributed by atoms with E-state index in [2.05, 4.69) is 5.32 Å². The molecule has 0 unspecified atom stereocenters. The first-order valence-corrected chi connectivity index (χ1v) is 8.93. The van der Waals surface area contributed by atoms with Crippen molar-refractivity contribution in [2.75, 3.05) is 20.3 Å². The lowest BCUT2D eigenvalue weighted by Gasteiger charge is -2.22. The molecule has 3 rings (SSSR count). The molecule has 1 heterocycles. The van der Waals surface area contributed by atoms with Gasteiger partial charge in [0.15, 0.2) is 5.78 Å². The van der Waals surface area contributed by atoms with Crippen molar-refractivity contribution < 1.29 is 23.9 Å². The zero-order valence-corrected chi connectivity index (χ0v) is 16.0. The molecule has 0 saturated carbocycles. The Balaban J connectivity index is 1.76. The number of carbonyl (C=O) groups excluding carboxylic acids is 3. The van der Waals surface area contributed by atoms with Crippen molar-refractivity contribution >= 4 is 17.7 Å². The maximum absolute atomic E-state index is 12.9. The van der Waals surface area contributed by atoms with Gasteiger partial charge in [0.05, 0.1) is 20.3 Å². The van der Waals surface area contributed by atoms with Gasteiger partial charge in [0.25, 0.3) is 5.91 Å². The summed E-state index contributed by atoms with van der Waals surface area (Å²) in [6.07, 6.45) is 0. The Labute approximate surface area is 163 Å². The van der Waals surface area contributed by atoms with Crippen LogP contribution in [0.4, 0.5) is 4.79 Å². The second-order valence-electron chi connectivity index (χ2n) is 6.56. The summed E-state index contributed by atoms with van der Waals surface area (Å²) in [5.41, 5.74) is -0.215. The number of methoxy groups -OCH3 is 1. The van der Waals surface area contributed by atoms with Gasteiger partial charge in [-0.1, -0.05) is 12.1 Å². The smallest absolute Gasteiger partial charge is 0.325 e. The molecule has 2 aromatic rings. The Morgan fingerprint density at radius 1 is 1.04 bits per heavy atom. The fourth-order valence-electron chi connectivity index (χ4n) is 3.10. The number of ether oxygens (including phenoxy) is 2. The lowest BCUT2D eigenvalue weighted by Crippen LogP contribution is -2.41. The largest absolute Gasteiger partial charge is 0.497 e. The number of hydrogen-bond acceptors (Lipinski definition) is 5. The quantitative estimate of drug-likeness (QED) is 0.588. The predicted octanol–water partition coefficient (Wildman–Crippen LogP) is 2.74. The number of nitrogens with one attached hydrogen (secondary N) is 1. The lowest BCUT2D eigenvalue weighted by atomic mass is 9.92. The monoisotopic (exact) mass is 382 g/mol. The number of imide groups is 1. The first kappa shape index (κ1) is 19.4. The number of amides is 3. The number of ketones is 1. The Kier molecular flexibility index (Phi) is 5.35. The summed E-state index contributed by atoms with van der Waals surface area (Å²) in [7, 11) is 1.55. The third-order valence-electron chi connectivity index (χ3n) is 4.73. The van der Waals surface area contributed by atoms with Gasteiger partial charge in [-0.05, 0) is 55.8 Å². The van der Waals surface area contributed by atoms with Crippen LogP contribution in [0, 0.1) is 0 Å². The van der Waals surface area contributed by atoms with Crippen LogP contribution in [-0.2, 0) is 10.3 Å². The highest BCUT2D eigenvalue weighted by molar-refractivity contribution is 6.11. The minimum atomic E-state index is -1.23. The van der Waals surface area contributed by atoms with E-state index in [0.717, 1.165) is 4.90 Å². The highest BCUT2D eigenvalue weighted by Gasteiger charge is 2.49. The van der Waals surface area contributed by atoms with Crippen LogP contribution < -0.4 is 14.8 Å². The second kappa shape index (κ2) is 7.72. The average molecular weight is 382 g/mol. The van der Waals surface area contributed by atoms with E-state index in [-0.39, 0.29) is 12.3 Å². The highest BCUT2D eigenvalue weighted by atomic mass is 16.5. The van der Waals surface area contributed by atoms with Crippen LogP contribution in [-0.4, -0.2) is 42.9 Å². The van der Waals surface area contributed by atoms with E-state index in [1.54, 1.807) is 62.6 Å².